The van der Waals surface area contributed by atoms with Crippen molar-refractivity contribution in [2.75, 3.05) is 33.4 Å². The van der Waals surface area contributed by atoms with E-state index in [-0.39, 0.29) is 15.8 Å². The molecule has 3 nitrogen and oxygen atoms in total. The van der Waals surface area contributed by atoms with E-state index in [1.165, 1.54) is 0 Å². The fraction of sp³-hybridized carbons (Fsp3) is 1.00. The summed E-state index contributed by atoms with van der Waals surface area (Å²) in [6.07, 6.45) is 2.20. The number of nitrogens with zero attached hydrogens (tertiary/aromatic N) is 1. The molecule has 0 aliphatic carbocycles. The summed E-state index contributed by atoms with van der Waals surface area (Å²) in [5.41, 5.74) is 0. The van der Waals surface area contributed by atoms with Crippen LogP contribution in [0.1, 0.15) is 12.8 Å². The maximum absolute atomic E-state index is 5.51. The molecule has 0 aromatic heterocycles. The third-order valence-corrected chi connectivity index (χ3v) is 2.95. The lowest BCUT2D eigenvalue weighted by Gasteiger charge is -2.17. The highest BCUT2D eigenvalue weighted by atomic mass is 27.1. The topological polar surface area (TPSA) is 21.7 Å². The number of ether oxygens (including phenoxy) is 1. The second-order valence-corrected chi connectivity index (χ2v) is 4.68. The van der Waals surface area contributed by atoms with E-state index in [0.29, 0.717) is 0 Å². The van der Waals surface area contributed by atoms with E-state index in [4.69, 9.17) is 8.53 Å². The van der Waals surface area contributed by atoms with Crippen LogP contribution in [0.5, 0.6) is 0 Å². The van der Waals surface area contributed by atoms with Crippen LogP contribution in [0.15, 0.2) is 0 Å². The van der Waals surface area contributed by atoms with Gasteiger partial charge in [-0.15, -0.1) is 0 Å². The first-order valence-corrected chi connectivity index (χ1v) is 5.44. The Labute approximate surface area is 74.9 Å². The molecule has 1 heterocycles. The third-order valence-electron chi connectivity index (χ3n) is 1.72. The molecule has 0 amide bonds. The molecule has 4 heteroatoms. The fourth-order valence-electron chi connectivity index (χ4n) is 1.09. The van der Waals surface area contributed by atoms with E-state index >= 15 is 0 Å². The van der Waals surface area contributed by atoms with Gasteiger partial charge in [0.1, 0.15) is 0 Å². The molecule has 0 atom stereocenters. The monoisotopic (exact) mass is 173 g/mol. The van der Waals surface area contributed by atoms with Gasteiger partial charge in [0.15, 0.2) is 0 Å². The quantitative estimate of drug-likeness (QED) is 0.482. The molecule has 1 saturated heterocycles. The number of rotatable bonds is 0. The molecule has 1 aliphatic rings. The SMILES string of the molecule is C[N]1CCCOCCC[O][AlH]1. The Balaban J connectivity index is 2.12. The molecule has 0 N–H and O–H groups in total. The van der Waals surface area contributed by atoms with Crippen LogP contribution < -0.4 is 0 Å². The van der Waals surface area contributed by atoms with Crippen molar-refractivity contribution in [3.8, 4) is 0 Å². The average Bonchev–Trinajstić information content (AvgIpc) is 2.03. The van der Waals surface area contributed by atoms with Gasteiger partial charge >= 0.3 is 15.8 Å². The zero-order chi connectivity index (χ0) is 7.94. The predicted octanol–water partition coefficient (Wildman–Crippen LogP) is 0.0117. The highest BCUT2D eigenvalue weighted by Crippen LogP contribution is 1.93. The summed E-state index contributed by atoms with van der Waals surface area (Å²) in [6, 6.07) is 0. The van der Waals surface area contributed by atoms with Crippen LogP contribution in [0.2, 0.25) is 0 Å². The van der Waals surface area contributed by atoms with Crippen LogP contribution in [0, 0.1) is 0 Å². The van der Waals surface area contributed by atoms with Gasteiger partial charge in [0.05, 0.1) is 0 Å². The van der Waals surface area contributed by atoms with Crippen molar-refractivity contribution in [2.24, 2.45) is 0 Å². The highest BCUT2D eigenvalue weighted by molar-refractivity contribution is 6.23. The van der Waals surface area contributed by atoms with Gasteiger partial charge in [-0.1, -0.05) is 0 Å². The zero-order valence-corrected chi connectivity index (χ0v) is 8.63. The van der Waals surface area contributed by atoms with Gasteiger partial charge in [-0.2, -0.15) is 0 Å². The van der Waals surface area contributed by atoms with Gasteiger partial charge < -0.3 is 12.4 Å². The number of hydrogen-bond donors (Lipinski definition) is 0. The third kappa shape index (κ3) is 4.78. The second-order valence-electron chi connectivity index (χ2n) is 2.94. The van der Waals surface area contributed by atoms with Crippen LogP contribution >= 0.6 is 0 Å². The van der Waals surface area contributed by atoms with Crippen LogP contribution in [0.4, 0.5) is 0 Å². The standard InChI is InChI=1S/C7H15NO2.Al.H/c1-8-4-2-6-10-7-3-5-9;;/h2-7H2,1H3;;/q-2;+2;. The van der Waals surface area contributed by atoms with Crippen LogP contribution in [0.25, 0.3) is 0 Å². The van der Waals surface area contributed by atoms with Gasteiger partial charge in [0.2, 0.25) is 0 Å². The largest absolute Gasteiger partial charge is 0.554 e. The zero-order valence-electron chi connectivity index (χ0n) is 7.21. The molecule has 0 spiro atoms. The highest BCUT2D eigenvalue weighted by Gasteiger charge is 2.05. The smallest absolute Gasteiger partial charge is 0.491 e. The predicted molar refractivity (Wildman–Crippen MR) is 45.8 cm³/mol. The van der Waals surface area contributed by atoms with Crippen LogP contribution in [-0.2, 0) is 8.53 Å². The first kappa shape index (κ1) is 9.50. The Morgan fingerprint density at radius 2 is 2.00 bits per heavy atom. The molecular weight excluding hydrogens is 157 g/mol. The fourth-order valence-corrected chi connectivity index (χ4v) is 2.08. The van der Waals surface area contributed by atoms with E-state index < -0.39 is 0 Å². The summed E-state index contributed by atoms with van der Waals surface area (Å²) in [4.78, 5) is 0. The Morgan fingerprint density at radius 1 is 1.18 bits per heavy atom. The second kappa shape index (κ2) is 5.99. The lowest BCUT2D eigenvalue weighted by atomic mass is 10.4. The van der Waals surface area contributed by atoms with E-state index in [2.05, 4.69) is 10.9 Å². The minimum atomic E-state index is -0.384. The summed E-state index contributed by atoms with van der Waals surface area (Å²) in [5.74, 6) is 0. The summed E-state index contributed by atoms with van der Waals surface area (Å²) in [5, 5.41) is 0. The molecule has 0 unspecified atom stereocenters. The molecule has 1 rings (SSSR count). The first-order valence-electron chi connectivity index (χ1n) is 4.23. The van der Waals surface area contributed by atoms with Crippen molar-refractivity contribution in [3.05, 3.63) is 0 Å². The van der Waals surface area contributed by atoms with Crippen LogP contribution in [-0.4, -0.2) is 53.1 Å². The summed E-state index contributed by atoms with van der Waals surface area (Å²) in [6.45, 7) is 3.81. The minimum absolute atomic E-state index is 0.384. The van der Waals surface area contributed by atoms with Crippen molar-refractivity contribution in [3.63, 3.8) is 0 Å². The van der Waals surface area contributed by atoms with E-state index in [1.807, 2.05) is 0 Å². The van der Waals surface area contributed by atoms with Gasteiger partial charge in [0.25, 0.3) is 0 Å². The van der Waals surface area contributed by atoms with Crippen LogP contribution in [0.3, 0.4) is 0 Å². The molecule has 1 fully saturated rings. The molecule has 1 aliphatic heterocycles. The summed E-state index contributed by atoms with van der Waals surface area (Å²) < 4.78 is 13.2. The number of hydrogen-bond acceptors (Lipinski definition) is 3. The Bertz CT molecular complexity index is 92.4. The Kier molecular flexibility index (Phi) is 5.17. The maximum Gasteiger partial charge on any atom is 0.554 e. The molecule has 11 heavy (non-hydrogen) atoms. The van der Waals surface area contributed by atoms with Gasteiger partial charge in [-0.05, 0) is 26.4 Å². The maximum atomic E-state index is 5.51. The van der Waals surface area contributed by atoms with E-state index in [9.17, 15) is 0 Å². The van der Waals surface area contributed by atoms with E-state index in [0.717, 1.165) is 39.2 Å². The summed E-state index contributed by atoms with van der Waals surface area (Å²) >= 11 is -0.384. The van der Waals surface area contributed by atoms with Crippen molar-refractivity contribution in [1.82, 2.24) is 3.88 Å². The molecule has 0 bridgehead atoms. The molecule has 64 valence electrons. The minimum Gasteiger partial charge on any atom is -0.491 e. The lowest BCUT2D eigenvalue weighted by molar-refractivity contribution is 0.106. The molecular formula is C7H16AlNO2. The van der Waals surface area contributed by atoms with Gasteiger partial charge in [-0.3, -0.25) is 0 Å². The Hall–Kier alpha value is 0.412. The van der Waals surface area contributed by atoms with Gasteiger partial charge in [0, 0.05) is 19.8 Å². The van der Waals surface area contributed by atoms with Gasteiger partial charge in [-0.25, -0.2) is 0 Å². The van der Waals surface area contributed by atoms with E-state index in [1.54, 1.807) is 0 Å². The van der Waals surface area contributed by atoms with Crippen molar-refractivity contribution < 1.29 is 8.53 Å². The van der Waals surface area contributed by atoms with Crippen molar-refractivity contribution >= 4 is 15.8 Å². The lowest BCUT2D eigenvalue weighted by Crippen LogP contribution is -2.28. The average molecular weight is 173 g/mol. The molecule has 0 aromatic carbocycles. The van der Waals surface area contributed by atoms with Crippen molar-refractivity contribution in [1.29, 1.82) is 0 Å². The Morgan fingerprint density at radius 3 is 2.91 bits per heavy atom. The normalized spacial score (nSPS) is 24.1. The summed E-state index contributed by atoms with van der Waals surface area (Å²) in [7, 11) is 2.13. The molecule has 0 saturated carbocycles. The molecule has 0 radical (unpaired) electrons. The molecule has 0 aromatic rings. The van der Waals surface area contributed by atoms with Crippen molar-refractivity contribution in [2.45, 2.75) is 12.8 Å². The first-order chi connectivity index (χ1) is 5.39.